The van der Waals surface area contributed by atoms with E-state index in [1.54, 1.807) is 7.11 Å². The maximum atomic E-state index is 5.90. The summed E-state index contributed by atoms with van der Waals surface area (Å²) in [4.78, 5) is 4.29. The van der Waals surface area contributed by atoms with Gasteiger partial charge in [-0.1, -0.05) is 23.4 Å². The van der Waals surface area contributed by atoms with E-state index in [2.05, 4.69) is 10.1 Å². The van der Waals surface area contributed by atoms with Gasteiger partial charge in [-0.3, -0.25) is 0 Å². The molecule has 1 aromatic heterocycles. The van der Waals surface area contributed by atoms with Gasteiger partial charge in [-0.2, -0.15) is 4.98 Å². The normalized spacial score (nSPS) is 11.6. The third-order valence-electron chi connectivity index (χ3n) is 2.56. The summed E-state index contributed by atoms with van der Waals surface area (Å²) < 4.78 is 10.4. The maximum Gasteiger partial charge on any atom is 0.246 e. The number of nitrogens with zero attached hydrogens (tertiary/aromatic N) is 2. The first-order chi connectivity index (χ1) is 8.50. The van der Waals surface area contributed by atoms with Crippen molar-refractivity contribution in [2.24, 2.45) is 5.73 Å². The minimum atomic E-state index is -0.619. The molecule has 0 aliphatic heterocycles. The predicted octanol–water partition coefficient (Wildman–Crippen LogP) is 1.86. The minimum Gasteiger partial charge on any atom is -0.496 e. The molecule has 0 amide bonds. The summed E-state index contributed by atoms with van der Waals surface area (Å²) in [5.41, 5.74) is 6.30. The van der Waals surface area contributed by atoms with Crippen molar-refractivity contribution in [1.82, 2.24) is 10.1 Å². The Morgan fingerprint density at radius 3 is 2.67 bits per heavy atom. The zero-order chi connectivity index (χ0) is 13.2. The molecule has 0 radical (unpaired) electrons. The van der Waals surface area contributed by atoms with E-state index in [0.29, 0.717) is 18.1 Å². The van der Waals surface area contributed by atoms with Gasteiger partial charge in [-0.25, -0.2) is 0 Å². The monoisotopic (exact) mass is 247 g/mol. The standard InChI is InChI=1S/C13H17N3O2/c1-13(2,14)12-15-11(16-18-12)8-9-6-4-5-7-10(9)17-3/h4-7H,8,14H2,1-3H3. The highest BCUT2D eigenvalue weighted by Gasteiger charge is 2.22. The molecule has 5 nitrogen and oxygen atoms in total. The van der Waals surface area contributed by atoms with Crippen LogP contribution in [0.4, 0.5) is 0 Å². The van der Waals surface area contributed by atoms with Crippen LogP contribution in [0.3, 0.4) is 0 Å². The Morgan fingerprint density at radius 2 is 2.06 bits per heavy atom. The van der Waals surface area contributed by atoms with Crippen molar-refractivity contribution in [3.63, 3.8) is 0 Å². The van der Waals surface area contributed by atoms with Crippen molar-refractivity contribution in [1.29, 1.82) is 0 Å². The van der Waals surface area contributed by atoms with E-state index in [1.807, 2.05) is 38.1 Å². The number of hydrogen-bond donors (Lipinski definition) is 1. The molecule has 0 bridgehead atoms. The fourth-order valence-corrected chi connectivity index (χ4v) is 1.61. The number of hydrogen-bond acceptors (Lipinski definition) is 5. The van der Waals surface area contributed by atoms with E-state index in [0.717, 1.165) is 11.3 Å². The minimum absolute atomic E-state index is 0.437. The summed E-state index contributed by atoms with van der Waals surface area (Å²) in [6.45, 7) is 3.65. The maximum absolute atomic E-state index is 5.90. The van der Waals surface area contributed by atoms with E-state index < -0.39 is 5.54 Å². The predicted molar refractivity (Wildman–Crippen MR) is 67.3 cm³/mol. The van der Waals surface area contributed by atoms with Gasteiger partial charge < -0.3 is 15.0 Å². The van der Waals surface area contributed by atoms with Crippen molar-refractivity contribution < 1.29 is 9.26 Å². The molecule has 0 unspecified atom stereocenters. The molecule has 0 saturated carbocycles. The second kappa shape index (κ2) is 4.78. The lowest BCUT2D eigenvalue weighted by Gasteiger charge is -2.10. The van der Waals surface area contributed by atoms with Gasteiger partial charge in [-0.15, -0.1) is 0 Å². The number of benzene rings is 1. The average Bonchev–Trinajstić information content (AvgIpc) is 2.78. The first-order valence-corrected chi connectivity index (χ1v) is 5.74. The number of methoxy groups -OCH3 is 1. The summed E-state index contributed by atoms with van der Waals surface area (Å²) in [5, 5.41) is 3.93. The highest BCUT2D eigenvalue weighted by atomic mass is 16.5. The van der Waals surface area contributed by atoms with Gasteiger partial charge in [0.2, 0.25) is 5.89 Å². The lowest BCUT2D eigenvalue weighted by atomic mass is 10.1. The van der Waals surface area contributed by atoms with E-state index >= 15 is 0 Å². The SMILES string of the molecule is COc1ccccc1Cc1noc(C(C)(C)N)n1. The van der Waals surface area contributed by atoms with Crippen LogP contribution in [-0.2, 0) is 12.0 Å². The van der Waals surface area contributed by atoms with Gasteiger partial charge in [0.05, 0.1) is 12.6 Å². The third-order valence-corrected chi connectivity index (χ3v) is 2.56. The number of para-hydroxylation sites is 1. The van der Waals surface area contributed by atoms with E-state index in [-0.39, 0.29) is 0 Å². The molecule has 5 heteroatoms. The van der Waals surface area contributed by atoms with Gasteiger partial charge in [0, 0.05) is 12.0 Å². The van der Waals surface area contributed by atoms with E-state index in [4.69, 9.17) is 15.0 Å². The Hall–Kier alpha value is -1.88. The Bertz CT molecular complexity index is 529. The van der Waals surface area contributed by atoms with Gasteiger partial charge in [0.1, 0.15) is 5.75 Å². The molecule has 0 atom stereocenters. The lowest BCUT2D eigenvalue weighted by Crippen LogP contribution is -2.29. The van der Waals surface area contributed by atoms with Crippen LogP contribution in [0.2, 0.25) is 0 Å². The van der Waals surface area contributed by atoms with Crippen LogP contribution in [-0.4, -0.2) is 17.3 Å². The molecule has 1 aromatic carbocycles. The first-order valence-electron chi connectivity index (χ1n) is 5.74. The third kappa shape index (κ3) is 2.68. The summed E-state index contributed by atoms with van der Waals surface area (Å²) in [7, 11) is 1.64. The van der Waals surface area contributed by atoms with Crippen molar-refractivity contribution in [2.45, 2.75) is 25.8 Å². The first kappa shape index (κ1) is 12.6. The van der Waals surface area contributed by atoms with Gasteiger partial charge in [0.15, 0.2) is 5.82 Å². The van der Waals surface area contributed by atoms with Gasteiger partial charge in [0.25, 0.3) is 0 Å². The molecule has 18 heavy (non-hydrogen) atoms. The zero-order valence-corrected chi connectivity index (χ0v) is 10.8. The Balaban J connectivity index is 2.22. The molecule has 2 aromatic rings. The van der Waals surface area contributed by atoms with Crippen LogP contribution >= 0.6 is 0 Å². The van der Waals surface area contributed by atoms with Crippen molar-refractivity contribution >= 4 is 0 Å². The molecule has 0 aliphatic rings. The number of ether oxygens (including phenoxy) is 1. The van der Waals surface area contributed by atoms with Crippen LogP contribution in [0.25, 0.3) is 0 Å². The van der Waals surface area contributed by atoms with Crippen LogP contribution in [0.1, 0.15) is 31.1 Å². The average molecular weight is 247 g/mol. The molecule has 96 valence electrons. The number of aromatic nitrogens is 2. The summed E-state index contributed by atoms with van der Waals surface area (Å²) >= 11 is 0. The molecule has 1 heterocycles. The fourth-order valence-electron chi connectivity index (χ4n) is 1.61. The molecule has 0 aliphatic carbocycles. The van der Waals surface area contributed by atoms with Crippen LogP contribution in [0.5, 0.6) is 5.75 Å². The van der Waals surface area contributed by atoms with Crippen LogP contribution in [0.15, 0.2) is 28.8 Å². The van der Waals surface area contributed by atoms with Crippen molar-refractivity contribution in [3.8, 4) is 5.75 Å². The smallest absolute Gasteiger partial charge is 0.246 e. The zero-order valence-electron chi connectivity index (χ0n) is 10.8. The van der Waals surface area contributed by atoms with Crippen LogP contribution in [0, 0.1) is 0 Å². The van der Waals surface area contributed by atoms with Crippen molar-refractivity contribution in [2.75, 3.05) is 7.11 Å². The fraction of sp³-hybridized carbons (Fsp3) is 0.385. The topological polar surface area (TPSA) is 74.2 Å². The number of rotatable bonds is 4. The quantitative estimate of drug-likeness (QED) is 0.892. The highest BCUT2D eigenvalue weighted by Crippen LogP contribution is 2.21. The Labute approximate surface area is 106 Å². The van der Waals surface area contributed by atoms with Gasteiger partial charge >= 0.3 is 0 Å². The molecular formula is C13H17N3O2. The molecule has 0 fully saturated rings. The number of nitrogens with two attached hydrogens (primary N) is 1. The second-order valence-corrected chi connectivity index (χ2v) is 4.73. The molecule has 2 rings (SSSR count). The largest absolute Gasteiger partial charge is 0.496 e. The lowest BCUT2D eigenvalue weighted by molar-refractivity contribution is 0.310. The molecular weight excluding hydrogens is 230 g/mol. The molecule has 2 N–H and O–H groups in total. The van der Waals surface area contributed by atoms with Crippen molar-refractivity contribution in [3.05, 3.63) is 41.5 Å². The Kier molecular flexibility index (Phi) is 3.34. The van der Waals surface area contributed by atoms with Crippen LogP contribution < -0.4 is 10.5 Å². The molecule has 0 spiro atoms. The van der Waals surface area contributed by atoms with Gasteiger partial charge in [-0.05, 0) is 19.9 Å². The summed E-state index contributed by atoms with van der Waals surface area (Å²) in [6.07, 6.45) is 0.559. The van der Waals surface area contributed by atoms with E-state index in [9.17, 15) is 0 Å². The van der Waals surface area contributed by atoms with E-state index in [1.165, 1.54) is 0 Å². The summed E-state index contributed by atoms with van der Waals surface area (Å²) in [5.74, 6) is 1.86. The highest BCUT2D eigenvalue weighted by molar-refractivity contribution is 5.35. The molecule has 0 saturated heterocycles. The Morgan fingerprint density at radius 1 is 1.33 bits per heavy atom. The second-order valence-electron chi connectivity index (χ2n) is 4.73. The summed E-state index contributed by atoms with van der Waals surface area (Å²) in [6, 6.07) is 7.75.